The third-order valence-corrected chi connectivity index (χ3v) is 4.38. The zero-order chi connectivity index (χ0) is 20.1. The summed E-state index contributed by atoms with van der Waals surface area (Å²) in [7, 11) is 0. The number of hydrazone groups is 1. The zero-order valence-electron chi connectivity index (χ0n) is 14.9. The van der Waals surface area contributed by atoms with Crippen molar-refractivity contribution in [1.82, 2.24) is 15.2 Å². The Hall–Kier alpha value is -3.52. The molecule has 0 spiro atoms. The monoisotopic (exact) mass is 397 g/mol. The van der Waals surface area contributed by atoms with Gasteiger partial charge in [0.2, 0.25) is 0 Å². The maximum atomic E-state index is 12.1. The van der Waals surface area contributed by atoms with Gasteiger partial charge in [-0.2, -0.15) is 10.2 Å². The quantitative estimate of drug-likeness (QED) is 0.390. The third kappa shape index (κ3) is 4.41. The number of carbonyl (C=O) groups excluding carboxylic acids is 1. The summed E-state index contributed by atoms with van der Waals surface area (Å²) in [6, 6.07) is 15.0. The van der Waals surface area contributed by atoms with Crippen LogP contribution in [-0.4, -0.2) is 26.8 Å². The van der Waals surface area contributed by atoms with Crippen LogP contribution in [0.4, 0.5) is 5.69 Å². The molecule has 1 amide bonds. The SMILES string of the molecule is Cc1nn(Cc2ccccc2)c(Cl)c1/C=N\NC(=O)c1ccc([N+](=O)[O-])cc1. The topological polar surface area (TPSA) is 102 Å². The smallest absolute Gasteiger partial charge is 0.267 e. The van der Waals surface area contributed by atoms with E-state index in [2.05, 4.69) is 15.6 Å². The fraction of sp³-hybridized carbons (Fsp3) is 0.105. The molecular formula is C19H16ClN5O3. The maximum absolute atomic E-state index is 12.1. The Bertz CT molecular complexity index is 1030. The first-order valence-corrected chi connectivity index (χ1v) is 8.68. The van der Waals surface area contributed by atoms with Crippen LogP contribution >= 0.6 is 11.6 Å². The number of aryl methyl sites for hydroxylation is 1. The number of nitrogens with one attached hydrogen (secondary N) is 1. The van der Waals surface area contributed by atoms with Crippen LogP contribution in [0.5, 0.6) is 0 Å². The molecule has 0 unspecified atom stereocenters. The normalized spacial score (nSPS) is 10.9. The van der Waals surface area contributed by atoms with Crippen LogP contribution < -0.4 is 5.43 Å². The number of benzene rings is 2. The van der Waals surface area contributed by atoms with Crippen molar-refractivity contribution in [2.45, 2.75) is 13.5 Å². The lowest BCUT2D eigenvalue weighted by Gasteiger charge is -2.03. The number of hydrogen-bond acceptors (Lipinski definition) is 5. The second-order valence-corrected chi connectivity index (χ2v) is 6.29. The number of amides is 1. The van der Waals surface area contributed by atoms with Crippen molar-refractivity contribution in [2.24, 2.45) is 5.10 Å². The number of halogens is 1. The van der Waals surface area contributed by atoms with Gasteiger partial charge in [0.05, 0.1) is 28.9 Å². The van der Waals surface area contributed by atoms with E-state index >= 15 is 0 Å². The van der Waals surface area contributed by atoms with Crippen molar-refractivity contribution in [3.05, 3.63) is 92.2 Å². The van der Waals surface area contributed by atoms with E-state index in [-0.39, 0.29) is 11.3 Å². The van der Waals surface area contributed by atoms with Crippen molar-refractivity contribution in [3.8, 4) is 0 Å². The van der Waals surface area contributed by atoms with E-state index in [1.165, 1.54) is 30.5 Å². The molecule has 0 aliphatic carbocycles. The Kier molecular flexibility index (Phi) is 5.81. The van der Waals surface area contributed by atoms with Gasteiger partial charge in [-0.3, -0.25) is 14.9 Å². The zero-order valence-corrected chi connectivity index (χ0v) is 15.6. The summed E-state index contributed by atoms with van der Waals surface area (Å²) in [5.74, 6) is -0.489. The van der Waals surface area contributed by atoms with Gasteiger partial charge in [0.15, 0.2) is 0 Å². The second kappa shape index (κ2) is 8.45. The van der Waals surface area contributed by atoms with Gasteiger partial charge >= 0.3 is 0 Å². The highest BCUT2D eigenvalue weighted by molar-refractivity contribution is 6.32. The number of aromatic nitrogens is 2. The van der Waals surface area contributed by atoms with E-state index in [0.29, 0.717) is 23.0 Å². The molecule has 0 aliphatic heterocycles. The number of carbonyl (C=O) groups is 1. The lowest BCUT2D eigenvalue weighted by Crippen LogP contribution is -2.17. The van der Waals surface area contributed by atoms with Crippen LogP contribution in [0, 0.1) is 17.0 Å². The van der Waals surface area contributed by atoms with Crippen LogP contribution in [0.25, 0.3) is 0 Å². The van der Waals surface area contributed by atoms with Gasteiger partial charge < -0.3 is 0 Å². The summed E-state index contributed by atoms with van der Waals surface area (Å²) in [6.07, 6.45) is 1.43. The minimum atomic E-state index is -0.530. The van der Waals surface area contributed by atoms with Crippen LogP contribution in [0.2, 0.25) is 5.15 Å². The van der Waals surface area contributed by atoms with E-state index in [9.17, 15) is 14.9 Å². The molecule has 1 aromatic heterocycles. The Balaban J connectivity index is 1.68. The molecule has 0 atom stereocenters. The molecule has 8 nitrogen and oxygen atoms in total. The molecule has 0 radical (unpaired) electrons. The predicted molar refractivity (Wildman–Crippen MR) is 106 cm³/mol. The molecule has 3 rings (SSSR count). The minimum absolute atomic E-state index is 0.0895. The van der Waals surface area contributed by atoms with E-state index < -0.39 is 10.8 Å². The summed E-state index contributed by atoms with van der Waals surface area (Å²) in [5, 5.41) is 19.4. The van der Waals surface area contributed by atoms with Crippen LogP contribution in [0.1, 0.15) is 27.2 Å². The van der Waals surface area contributed by atoms with Gasteiger partial charge in [-0.15, -0.1) is 0 Å². The van der Waals surface area contributed by atoms with Crippen molar-refractivity contribution < 1.29 is 9.72 Å². The highest BCUT2D eigenvalue weighted by Gasteiger charge is 2.13. The van der Waals surface area contributed by atoms with Crippen molar-refractivity contribution in [2.75, 3.05) is 0 Å². The number of rotatable bonds is 6. The molecule has 0 bridgehead atoms. The van der Waals surface area contributed by atoms with Gasteiger partial charge in [0.25, 0.3) is 11.6 Å². The van der Waals surface area contributed by atoms with Crippen LogP contribution in [0.15, 0.2) is 59.7 Å². The Morgan fingerprint density at radius 3 is 2.57 bits per heavy atom. The van der Waals surface area contributed by atoms with E-state index in [4.69, 9.17) is 11.6 Å². The number of nitro groups is 1. The summed E-state index contributed by atoms with van der Waals surface area (Å²) >= 11 is 6.39. The Labute approximate surface area is 165 Å². The number of nitrogens with zero attached hydrogens (tertiary/aromatic N) is 4. The van der Waals surface area contributed by atoms with Gasteiger partial charge in [0, 0.05) is 17.7 Å². The highest BCUT2D eigenvalue weighted by atomic mass is 35.5. The van der Waals surface area contributed by atoms with Crippen LogP contribution in [0.3, 0.4) is 0 Å². The fourth-order valence-corrected chi connectivity index (χ4v) is 2.81. The average molecular weight is 398 g/mol. The molecule has 1 N–H and O–H groups in total. The average Bonchev–Trinajstić information content (AvgIpc) is 2.96. The molecule has 9 heteroatoms. The third-order valence-electron chi connectivity index (χ3n) is 3.98. The number of nitro benzene ring substituents is 1. The molecule has 0 saturated carbocycles. The van der Waals surface area contributed by atoms with Crippen molar-refractivity contribution in [3.63, 3.8) is 0 Å². The Morgan fingerprint density at radius 2 is 1.93 bits per heavy atom. The molecule has 3 aromatic rings. The maximum Gasteiger partial charge on any atom is 0.271 e. The van der Waals surface area contributed by atoms with E-state index in [1.807, 2.05) is 30.3 Å². The molecule has 1 heterocycles. The molecule has 0 saturated heterocycles. The molecule has 2 aromatic carbocycles. The first-order valence-electron chi connectivity index (χ1n) is 8.30. The summed E-state index contributed by atoms with van der Waals surface area (Å²) < 4.78 is 1.66. The molecule has 0 aliphatic rings. The number of hydrogen-bond donors (Lipinski definition) is 1. The number of non-ortho nitro benzene ring substituents is 1. The van der Waals surface area contributed by atoms with E-state index in [1.54, 1.807) is 11.6 Å². The summed E-state index contributed by atoms with van der Waals surface area (Å²) in [6.45, 7) is 2.32. The van der Waals surface area contributed by atoms with E-state index in [0.717, 1.165) is 5.56 Å². The second-order valence-electron chi connectivity index (χ2n) is 5.94. The van der Waals surface area contributed by atoms with Gasteiger partial charge in [-0.25, -0.2) is 10.1 Å². The van der Waals surface area contributed by atoms with Crippen molar-refractivity contribution >= 4 is 29.4 Å². The molecule has 28 heavy (non-hydrogen) atoms. The summed E-state index contributed by atoms with van der Waals surface area (Å²) in [4.78, 5) is 22.2. The molecule has 0 fully saturated rings. The Morgan fingerprint density at radius 1 is 1.25 bits per heavy atom. The first kappa shape index (κ1) is 19.2. The van der Waals surface area contributed by atoms with Gasteiger partial charge in [0.1, 0.15) is 5.15 Å². The van der Waals surface area contributed by atoms with Gasteiger partial charge in [-0.1, -0.05) is 41.9 Å². The molecule has 142 valence electrons. The van der Waals surface area contributed by atoms with Crippen molar-refractivity contribution in [1.29, 1.82) is 0 Å². The predicted octanol–water partition coefficient (Wildman–Crippen LogP) is 3.57. The minimum Gasteiger partial charge on any atom is -0.267 e. The van der Waals surface area contributed by atoms with Gasteiger partial charge in [-0.05, 0) is 24.6 Å². The largest absolute Gasteiger partial charge is 0.271 e. The lowest BCUT2D eigenvalue weighted by atomic mass is 10.2. The fourth-order valence-electron chi connectivity index (χ4n) is 2.53. The standard InChI is InChI=1S/C19H16ClN5O3/c1-13-17(18(20)24(23-13)12-14-5-3-2-4-6-14)11-21-22-19(26)15-7-9-16(10-8-15)25(27)28/h2-11H,12H2,1H3,(H,22,26)/b21-11-. The highest BCUT2D eigenvalue weighted by Crippen LogP contribution is 2.19. The lowest BCUT2D eigenvalue weighted by molar-refractivity contribution is -0.384. The summed E-state index contributed by atoms with van der Waals surface area (Å²) in [5.41, 5.74) is 4.87. The molecular weight excluding hydrogens is 382 g/mol. The van der Waals surface area contributed by atoms with Crippen LogP contribution in [-0.2, 0) is 6.54 Å². The first-order chi connectivity index (χ1) is 13.5.